The molecule has 0 aromatic heterocycles. The quantitative estimate of drug-likeness (QED) is 0.0770. The Morgan fingerprint density at radius 2 is 1.08 bits per heavy atom. The summed E-state index contributed by atoms with van der Waals surface area (Å²) in [7, 11) is 0. The summed E-state index contributed by atoms with van der Waals surface area (Å²) in [5.74, 6) is 3.04. The second-order valence-corrected chi connectivity index (χ2v) is 20.1. The van der Waals surface area contributed by atoms with E-state index < -0.39 is 24.2 Å². The van der Waals surface area contributed by atoms with Crippen LogP contribution in [-0.4, -0.2) is 95.9 Å². The summed E-state index contributed by atoms with van der Waals surface area (Å²) in [4.78, 5) is 56.0. The summed E-state index contributed by atoms with van der Waals surface area (Å²) in [6, 6.07) is 19.7. The Hall–Kier alpha value is -3.84. The van der Waals surface area contributed by atoms with Gasteiger partial charge in [-0.15, -0.1) is 0 Å². The highest BCUT2D eigenvalue weighted by Crippen LogP contribution is 2.56. The first-order valence-corrected chi connectivity index (χ1v) is 25.0. The zero-order chi connectivity index (χ0) is 46.5. The zero-order valence-electron chi connectivity index (χ0n) is 40.0. The van der Waals surface area contributed by atoms with Crippen LogP contribution < -0.4 is 33.6 Å². The van der Waals surface area contributed by atoms with Crippen molar-refractivity contribution < 1.29 is 19.2 Å². The molecule has 2 aromatic carbocycles. The molecular weight excluding hydrogens is 801 g/mol. The van der Waals surface area contributed by atoms with E-state index in [0.717, 1.165) is 25.7 Å². The number of unbranched alkanes of at least 4 members (excludes halogenated alkanes) is 2. The van der Waals surface area contributed by atoms with Crippen LogP contribution in [0, 0.1) is 35.5 Å². The standard InChI is InChI=1S/C27H45N5O2.C25H39N3O2/c1-2-32(25-21-15-14-20(18-21)24(25)19-10-4-3-5-11-19)27(34)23(30)13-7-9-17-31-26(33)22(29)12-6-8-16-28;1-6-28(25(30)22(16(4)5)27-24(29)21(26)15(2)3)23-19-13-12-18(14-19)20(23)17-10-8-7-9-11-17/h3-5,10-11,20-25H,2,6-9,12-18,28-30H2,1H3,(H,31,33);7-11,15-16,18-23H,6,12-14,26H2,1-5H3,(H,27,29)/t20?,21?,22-,23-,24?,25?;18?,19?,20?,21-,22-,23?/m00/s1. The van der Waals surface area contributed by atoms with E-state index in [-0.39, 0.29) is 47.5 Å². The summed E-state index contributed by atoms with van der Waals surface area (Å²) in [6.45, 7) is 14.5. The average molecular weight is 885 g/mol. The normalized spacial score (nSPS) is 26.2. The molecule has 10 N–H and O–H groups in total. The molecule has 0 heterocycles. The molecule has 0 radical (unpaired) electrons. The number of nitrogens with two attached hydrogens (primary N) is 4. The van der Waals surface area contributed by atoms with Crippen molar-refractivity contribution in [2.45, 2.75) is 167 Å². The van der Waals surface area contributed by atoms with Crippen LogP contribution in [0.25, 0.3) is 0 Å². The minimum atomic E-state index is -0.603. The van der Waals surface area contributed by atoms with Crippen LogP contribution in [0.4, 0.5) is 0 Å². The number of benzene rings is 2. The van der Waals surface area contributed by atoms with Gasteiger partial charge in [0, 0.05) is 43.6 Å². The van der Waals surface area contributed by atoms with Gasteiger partial charge in [-0.2, -0.15) is 0 Å². The van der Waals surface area contributed by atoms with E-state index in [1.165, 1.54) is 49.7 Å². The number of hydrogen-bond acceptors (Lipinski definition) is 8. The van der Waals surface area contributed by atoms with E-state index in [2.05, 4.69) is 94.9 Å². The maximum Gasteiger partial charge on any atom is 0.245 e. The van der Waals surface area contributed by atoms with E-state index >= 15 is 0 Å². The molecule has 4 aliphatic carbocycles. The van der Waals surface area contributed by atoms with Crippen LogP contribution in [0.1, 0.15) is 142 Å². The maximum absolute atomic E-state index is 13.8. The molecule has 4 saturated carbocycles. The first-order chi connectivity index (χ1) is 30.7. The van der Waals surface area contributed by atoms with Gasteiger partial charge in [0.05, 0.1) is 18.1 Å². The molecule has 4 fully saturated rings. The number of amides is 4. The van der Waals surface area contributed by atoms with Crippen LogP contribution in [0.15, 0.2) is 60.7 Å². The topological polar surface area (TPSA) is 203 Å². The number of rotatable bonds is 22. The number of carbonyl (C=O) groups excluding carboxylic acids is 4. The van der Waals surface area contributed by atoms with Crippen molar-refractivity contribution in [2.24, 2.45) is 58.4 Å². The highest BCUT2D eigenvalue weighted by Gasteiger charge is 2.53. The third-order valence-corrected chi connectivity index (χ3v) is 15.2. The van der Waals surface area contributed by atoms with Crippen molar-refractivity contribution in [3.63, 3.8) is 0 Å². The Morgan fingerprint density at radius 1 is 0.609 bits per heavy atom. The van der Waals surface area contributed by atoms with Crippen LogP contribution >= 0.6 is 0 Å². The van der Waals surface area contributed by atoms with Gasteiger partial charge in [-0.1, -0.05) is 94.8 Å². The van der Waals surface area contributed by atoms with Gasteiger partial charge in [0.15, 0.2) is 0 Å². The molecule has 12 atom stereocenters. The van der Waals surface area contributed by atoms with Crippen molar-refractivity contribution in [2.75, 3.05) is 26.2 Å². The number of hydrogen-bond donors (Lipinski definition) is 6. The van der Waals surface area contributed by atoms with E-state index in [1.807, 2.05) is 27.7 Å². The first-order valence-electron chi connectivity index (χ1n) is 25.0. The number of likely N-dealkylation sites (N-methyl/N-ethyl adjacent to an activating group) is 2. The molecule has 0 aliphatic heterocycles. The fraction of sp³-hybridized carbons (Fsp3) is 0.692. The van der Waals surface area contributed by atoms with E-state index in [0.29, 0.717) is 74.5 Å². The summed E-state index contributed by atoms with van der Waals surface area (Å²) in [5, 5.41) is 5.88. The lowest BCUT2D eigenvalue weighted by Crippen LogP contribution is -2.58. The van der Waals surface area contributed by atoms with Gasteiger partial charge in [0.25, 0.3) is 0 Å². The molecule has 0 saturated heterocycles. The fourth-order valence-corrected chi connectivity index (χ4v) is 11.8. The largest absolute Gasteiger partial charge is 0.355 e. The molecule has 64 heavy (non-hydrogen) atoms. The molecule has 356 valence electrons. The van der Waals surface area contributed by atoms with E-state index in [1.54, 1.807) is 0 Å². The zero-order valence-corrected chi connectivity index (χ0v) is 40.0. The van der Waals surface area contributed by atoms with E-state index in [9.17, 15) is 19.2 Å². The molecular formula is C52H84N8O4. The molecule has 4 bridgehead atoms. The van der Waals surface area contributed by atoms with Gasteiger partial charge in [-0.05, 0) is 138 Å². The summed E-state index contributed by atoms with van der Waals surface area (Å²) in [6.07, 6.45) is 12.0. The summed E-state index contributed by atoms with van der Waals surface area (Å²) in [5.41, 5.74) is 26.5. The smallest absolute Gasteiger partial charge is 0.245 e. The van der Waals surface area contributed by atoms with Crippen LogP contribution in [0.2, 0.25) is 0 Å². The lowest BCUT2D eigenvalue weighted by atomic mass is 9.78. The van der Waals surface area contributed by atoms with Crippen molar-refractivity contribution in [1.29, 1.82) is 0 Å². The SMILES string of the molecule is CCN(C(=O)[C@@H](N)CCCCNC(=O)[C@@H](N)CCCCN)C1C2CCC(C2)C1c1ccccc1.CCN(C(=O)[C@@H](NC(=O)[C@@H](N)C(C)C)C(C)C)C1C2CCC(C2)C1c1ccccc1. The molecule has 2 aromatic rings. The number of fused-ring (bicyclic) bond motifs is 4. The Bertz CT molecular complexity index is 1760. The van der Waals surface area contributed by atoms with Crippen molar-refractivity contribution >= 4 is 23.6 Å². The minimum absolute atomic E-state index is 0.00336. The number of carbonyl (C=O) groups is 4. The summed E-state index contributed by atoms with van der Waals surface area (Å²) >= 11 is 0. The molecule has 6 rings (SSSR count). The van der Waals surface area contributed by atoms with Gasteiger partial charge in [0.1, 0.15) is 6.04 Å². The lowest BCUT2D eigenvalue weighted by Gasteiger charge is -2.42. The number of nitrogens with one attached hydrogen (secondary N) is 2. The summed E-state index contributed by atoms with van der Waals surface area (Å²) < 4.78 is 0. The predicted octanol–water partition coefficient (Wildman–Crippen LogP) is 6.03. The van der Waals surface area contributed by atoms with Crippen molar-refractivity contribution in [3.8, 4) is 0 Å². The minimum Gasteiger partial charge on any atom is -0.355 e. The van der Waals surface area contributed by atoms with Crippen LogP contribution in [-0.2, 0) is 19.2 Å². The van der Waals surface area contributed by atoms with Crippen LogP contribution in [0.3, 0.4) is 0 Å². The molecule has 0 spiro atoms. The Labute approximate surface area is 385 Å². The molecule has 4 aliphatic rings. The Kier molecular flexibility index (Phi) is 19.7. The third-order valence-electron chi connectivity index (χ3n) is 15.2. The van der Waals surface area contributed by atoms with Crippen LogP contribution in [0.5, 0.6) is 0 Å². The molecule has 12 heteroatoms. The predicted molar refractivity (Wildman–Crippen MR) is 258 cm³/mol. The van der Waals surface area contributed by atoms with Gasteiger partial charge in [-0.3, -0.25) is 19.2 Å². The molecule has 8 unspecified atom stereocenters. The van der Waals surface area contributed by atoms with Crippen molar-refractivity contribution in [3.05, 3.63) is 71.8 Å². The maximum atomic E-state index is 13.8. The van der Waals surface area contributed by atoms with Gasteiger partial charge < -0.3 is 43.4 Å². The second-order valence-electron chi connectivity index (χ2n) is 20.1. The monoisotopic (exact) mass is 885 g/mol. The molecule has 4 amide bonds. The Balaban J connectivity index is 0.000000243. The average Bonchev–Trinajstić information content (AvgIpc) is 4.12. The lowest BCUT2D eigenvalue weighted by molar-refractivity contribution is -0.141. The van der Waals surface area contributed by atoms with E-state index in [4.69, 9.17) is 22.9 Å². The molecule has 12 nitrogen and oxygen atoms in total. The van der Waals surface area contributed by atoms with Crippen molar-refractivity contribution in [1.82, 2.24) is 20.4 Å². The Morgan fingerprint density at radius 3 is 1.55 bits per heavy atom. The number of nitrogens with zero attached hydrogens (tertiary/aromatic N) is 2. The van der Waals surface area contributed by atoms with Gasteiger partial charge >= 0.3 is 0 Å². The second kappa shape index (κ2) is 24.6. The highest BCUT2D eigenvalue weighted by molar-refractivity contribution is 5.90. The van der Waals surface area contributed by atoms with Gasteiger partial charge in [-0.25, -0.2) is 0 Å². The third kappa shape index (κ3) is 12.5. The fourth-order valence-electron chi connectivity index (χ4n) is 11.8. The highest BCUT2D eigenvalue weighted by atomic mass is 16.2. The van der Waals surface area contributed by atoms with Gasteiger partial charge in [0.2, 0.25) is 23.6 Å². The first kappa shape index (κ1) is 51.1.